The number of sulfonamides is 1. The zero-order chi connectivity index (χ0) is 30.9. The number of nitrogens with one attached hydrogen (secondary N) is 1. The first-order chi connectivity index (χ1) is 20.0. The van der Waals surface area contributed by atoms with Gasteiger partial charge in [0.25, 0.3) is 10.0 Å². The Labute approximate surface area is 252 Å². The monoisotopic (exact) mass is 615 g/mol. The second kappa shape index (κ2) is 15.1. The average molecular weight is 616 g/mol. The molecule has 0 aliphatic carbocycles. The summed E-state index contributed by atoms with van der Waals surface area (Å²) in [6.45, 7) is 6.82. The molecule has 0 aliphatic heterocycles. The van der Waals surface area contributed by atoms with Crippen molar-refractivity contribution in [2.75, 3.05) is 23.7 Å². The van der Waals surface area contributed by atoms with Crippen molar-refractivity contribution in [2.45, 2.75) is 62.5 Å². The summed E-state index contributed by atoms with van der Waals surface area (Å²) in [4.78, 5) is 29.4. The van der Waals surface area contributed by atoms with Crippen LogP contribution in [0.1, 0.15) is 39.7 Å². The highest BCUT2D eigenvalue weighted by Gasteiger charge is 2.34. The van der Waals surface area contributed by atoms with E-state index in [-0.39, 0.29) is 35.7 Å². The van der Waals surface area contributed by atoms with E-state index in [0.29, 0.717) is 17.7 Å². The molecule has 3 rings (SSSR count). The molecule has 0 heterocycles. The lowest BCUT2D eigenvalue weighted by atomic mass is 10.1. The zero-order valence-corrected chi connectivity index (χ0v) is 26.2. The van der Waals surface area contributed by atoms with Crippen molar-refractivity contribution in [3.05, 3.63) is 84.2 Å². The Bertz CT molecular complexity index is 1450. The standard InChI is InChI=1S/C31H38FN3O5S2/c1-6-22(3)33-31(37)23(4)34(20-24-12-14-25(32)15-13-24)30(36)21-35(28-10-8-9-11-29(28)40-7-2)42(38,39)27-18-16-26(41-5)17-19-27/h8-19,22-23H,6-7,20-21H2,1-5H3,(H,33,37). The lowest BCUT2D eigenvalue weighted by Gasteiger charge is -2.33. The van der Waals surface area contributed by atoms with E-state index < -0.39 is 34.3 Å². The van der Waals surface area contributed by atoms with E-state index in [1.54, 1.807) is 50.2 Å². The van der Waals surface area contributed by atoms with E-state index in [9.17, 15) is 22.4 Å². The highest BCUT2D eigenvalue weighted by molar-refractivity contribution is 7.98. The van der Waals surface area contributed by atoms with Crippen LogP contribution in [0.4, 0.5) is 10.1 Å². The maximum Gasteiger partial charge on any atom is 0.264 e. The van der Waals surface area contributed by atoms with Gasteiger partial charge in [-0.05, 0) is 87.5 Å². The Balaban J connectivity index is 2.07. The number of rotatable bonds is 14. The van der Waals surface area contributed by atoms with Crippen molar-refractivity contribution < 1.29 is 27.1 Å². The molecule has 0 saturated carbocycles. The molecule has 3 aromatic rings. The SMILES string of the molecule is CCOc1ccccc1N(CC(=O)N(Cc1ccc(F)cc1)C(C)C(=O)NC(C)CC)S(=O)(=O)c1ccc(SC)cc1. The third-order valence-corrected chi connectivity index (χ3v) is 9.31. The number of hydrogen-bond donors (Lipinski definition) is 1. The fraction of sp³-hybridized carbons (Fsp3) is 0.355. The van der Waals surface area contributed by atoms with Crippen molar-refractivity contribution in [2.24, 2.45) is 0 Å². The van der Waals surface area contributed by atoms with E-state index >= 15 is 0 Å². The fourth-order valence-electron chi connectivity index (χ4n) is 4.16. The zero-order valence-electron chi connectivity index (χ0n) is 24.5. The van der Waals surface area contributed by atoms with Gasteiger partial charge in [0.1, 0.15) is 24.2 Å². The number of hydrogen-bond acceptors (Lipinski definition) is 6. The number of carbonyl (C=O) groups is 2. The smallest absolute Gasteiger partial charge is 0.264 e. The molecule has 2 unspecified atom stereocenters. The van der Waals surface area contributed by atoms with Crippen LogP contribution in [0, 0.1) is 5.82 Å². The summed E-state index contributed by atoms with van der Waals surface area (Å²) in [5.74, 6) is -1.13. The quantitative estimate of drug-likeness (QED) is 0.242. The number of thioether (sulfide) groups is 1. The third kappa shape index (κ3) is 8.25. The molecule has 0 aliphatic rings. The molecule has 2 atom stereocenters. The van der Waals surface area contributed by atoms with Crippen molar-refractivity contribution >= 4 is 39.3 Å². The molecular weight excluding hydrogens is 577 g/mol. The Morgan fingerprint density at radius 3 is 2.21 bits per heavy atom. The number of nitrogens with zero attached hydrogens (tertiary/aromatic N) is 2. The van der Waals surface area contributed by atoms with E-state index in [0.717, 1.165) is 9.20 Å². The Morgan fingerprint density at radius 1 is 0.976 bits per heavy atom. The molecule has 0 radical (unpaired) electrons. The molecule has 8 nitrogen and oxygen atoms in total. The lowest BCUT2D eigenvalue weighted by molar-refractivity contribution is -0.139. The molecular formula is C31H38FN3O5S2. The van der Waals surface area contributed by atoms with Gasteiger partial charge in [0, 0.05) is 17.5 Å². The van der Waals surface area contributed by atoms with Crippen LogP contribution >= 0.6 is 11.8 Å². The summed E-state index contributed by atoms with van der Waals surface area (Å²) in [5, 5.41) is 2.89. The van der Waals surface area contributed by atoms with Gasteiger partial charge in [-0.2, -0.15) is 0 Å². The molecule has 0 bridgehead atoms. The van der Waals surface area contributed by atoms with Crippen LogP contribution in [-0.2, 0) is 26.2 Å². The van der Waals surface area contributed by atoms with Gasteiger partial charge in [0.05, 0.1) is 17.2 Å². The van der Waals surface area contributed by atoms with E-state index in [4.69, 9.17) is 4.74 Å². The number of ether oxygens (including phenoxy) is 1. The average Bonchev–Trinajstić information content (AvgIpc) is 2.99. The molecule has 1 N–H and O–H groups in total. The summed E-state index contributed by atoms with van der Waals surface area (Å²) >= 11 is 1.48. The summed E-state index contributed by atoms with van der Waals surface area (Å²) in [7, 11) is -4.25. The van der Waals surface area contributed by atoms with E-state index in [2.05, 4.69) is 5.32 Å². The third-order valence-electron chi connectivity index (χ3n) is 6.79. The van der Waals surface area contributed by atoms with Gasteiger partial charge in [0.15, 0.2) is 0 Å². The first kappa shape index (κ1) is 32.9. The minimum Gasteiger partial charge on any atom is -0.492 e. The number of para-hydroxylation sites is 2. The molecule has 0 fully saturated rings. The first-order valence-corrected chi connectivity index (χ1v) is 16.4. The Morgan fingerprint density at radius 2 is 1.62 bits per heavy atom. The molecule has 0 saturated heterocycles. The van der Waals surface area contributed by atoms with Gasteiger partial charge in [-0.3, -0.25) is 13.9 Å². The van der Waals surface area contributed by atoms with Crippen LogP contribution in [0.5, 0.6) is 5.75 Å². The van der Waals surface area contributed by atoms with Crippen molar-refractivity contribution in [3.8, 4) is 5.75 Å². The maximum absolute atomic E-state index is 14.1. The predicted octanol–water partition coefficient (Wildman–Crippen LogP) is 5.47. The molecule has 0 spiro atoms. The summed E-state index contributed by atoms with van der Waals surface area (Å²) < 4.78 is 48.6. The molecule has 42 heavy (non-hydrogen) atoms. The van der Waals surface area contributed by atoms with Crippen LogP contribution in [0.2, 0.25) is 0 Å². The molecule has 2 amide bonds. The second-order valence-corrected chi connectivity index (χ2v) is 12.5. The summed E-state index contributed by atoms with van der Waals surface area (Å²) in [6, 6.07) is 17.6. The number of carbonyl (C=O) groups excluding carboxylic acids is 2. The topological polar surface area (TPSA) is 96.0 Å². The Kier molecular flexibility index (Phi) is 11.8. The number of halogens is 1. The molecule has 11 heteroatoms. The minimum atomic E-state index is -4.25. The lowest BCUT2D eigenvalue weighted by Crippen LogP contribution is -2.52. The number of amides is 2. The number of benzene rings is 3. The van der Waals surface area contributed by atoms with E-state index in [1.165, 1.54) is 53.1 Å². The molecule has 3 aromatic carbocycles. The van der Waals surface area contributed by atoms with Gasteiger partial charge < -0.3 is 15.0 Å². The number of anilines is 1. The van der Waals surface area contributed by atoms with Crippen LogP contribution in [0.3, 0.4) is 0 Å². The summed E-state index contributed by atoms with van der Waals surface area (Å²) in [6.07, 6.45) is 2.58. The maximum atomic E-state index is 14.1. The van der Waals surface area contributed by atoms with Gasteiger partial charge in [-0.25, -0.2) is 12.8 Å². The van der Waals surface area contributed by atoms with Gasteiger partial charge in [-0.1, -0.05) is 31.2 Å². The molecule has 0 aromatic heterocycles. The van der Waals surface area contributed by atoms with Gasteiger partial charge >= 0.3 is 0 Å². The van der Waals surface area contributed by atoms with Crippen LogP contribution in [0.15, 0.2) is 82.6 Å². The second-order valence-electron chi connectivity index (χ2n) is 9.73. The van der Waals surface area contributed by atoms with Crippen molar-refractivity contribution in [1.29, 1.82) is 0 Å². The Hall–Kier alpha value is -3.57. The minimum absolute atomic E-state index is 0.00653. The van der Waals surface area contributed by atoms with E-state index in [1.807, 2.05) is 20.1 Å². The molecule has 226 valence electrons. The summed E-state index contributed by atoms with van der Waals surface area (Å²) in [5.41, 5.74) is 0.782. The largest absolute Gasteiger partial charge is 0.492 e. The van der Waals surface area contributed by atoms with Crippen molar-refractivity contribution in [3.63, 3.8) is 0 Å². The fourth-order valence-corrected chi connectivity index (χ4v) is 6.00. The van der Waals surface area contributed by atoms with Crippen LogP contribution in [0.25, 0.3) is 0 Å². The van der Waals surface area contributed by atoms with Gasteiger partial charge in [-0.15, -0.1) is 11.8 Å². The van der Waals surface area contributed by atoms with Gasteiger partial charge in [0.2, 0.25) is 11.8 Å². The highest BCUT2D eigenvalue weighted by Crippen LogP contribution is 2.33. The highest BCUT2D eigenvalue weighted by atomic mass is 32.2. The van der Waals surface area contributed by atoms with Crippen LogP contribution in [-0.4, -0.2) is 56.6 Å². The first-order valence-electron chi connectivity index (χ1n) is 13.7. The van der Waals surface area contributed by atoms with Crippen LogP contribution < -0.4 is 14.4 Å². The normalized spacial score (nSPS) is 12.7. The predicted molar refractivity (Wildman–Crippen MR) is 165 cm³/mol. The van der Waals surface area contributed by atoms with Crippen molar-refractivity contribution in [1.82, 2.24) is 10.2 Å².